The van der Waals surface area contributed by atoms with Crippen molar-refractivity contribution in [2.75, 3.05) is 7.05 Å². The van der Waals surface area contributed by atoms with Gasteiger partial charge in [-0.1, -0.05) is 23.7 Å². The van der Waals surface area contributed by atoms with E-state index in [4.69, 9.17) is 11.6 Å². The van der Waals surface area contributed by atoms with E-state index in [1.165, 1.54) is 0 Å². The van der Waals surface area contributed by atoms with Gasteiger partial charge in [-0.05, 0) is 25.1 Å². The van der Waals surface area contributed by atoms with Gasteiger partial charge in [0.2, 0.25) is 0 Å². The second kappa shape index (κ2) is 5.50. The quantitative estimate of drug-likeness (QED) is 0.923. The molecule has 0 amide bonds. The Morgan fingerprint density at radius 1 is 1.50 bits per heavy atom. The van der Waals surface area contributed by atoms with Crippen LogP contribution >= 0.6 is 11.6 Å². The Hall–Kier alpha value is -1.39. The first-order valence-corrected chi connectivity index (χ1v) is 6.08. The summed E-state index contributed by atoms with van der Waals surface area (Å²) in [4.78, 5) is 4.28. The van der Waals surface area contributed by atoms with Crippen molar-refractivity contribution in [2.24, 2.45) is 7.05 Å². The van der Waals surface area contributed by atoms with E-state index in [0.29, 0.717) is 12.0 Å². The van der Waals surface area contributed by atoms with Crippen molar-refractivity contribution in [1.29, 1.82) is 0 Å². The lowest BCUT2D eigenvalue weighted by atomic mass is 10.0. The Bertz CT molecular complexity index is 539. The molecule has 0 saturated heterocycles. The molecule has 1 N–H and O–H groups in total. The van der Waals surface area contributed by atoms with E-state index in [2.05, 4.69) is 10.3 Å². The lowest BCUT2D eigenvalue weighted by Crippen LogP contribution is -2.22. The van der Waals surface area contributed by atoms with Gasteiger partial charge in [0.25, 0.3) is 0 Å². The van der Waals surface area contributed by atoms with Crippen LogP contribution in [0.2, 0.25) is 5.02 Å². The number of imidazole rings is 1. The highest BCUT2D eigenvalue weighted by Crippen LogP contribution is 2.22. The molecule has 3 nitrogen and oxygen atoms in total. The van der Waals surface area contributed by atoms with Crippen LogP contribution in [-0.4, -0.2) is 16.6 Å². The van der Waals surface area contributed by atoms with Crippen LogP contribution < -0.4 is 5.32 Å². The number of benzene rings is 1. The van der Waals surface area contributed by atoms with Crippen LogP contribution in [0.3, 0.4) is 0 Å². The van der Waals surface area contributed by atoms with Gasteiger partial charge in [0, 0.05) is 19.4 Å². The molecule has 96 valence electrons. The van der Waals surface area contributed by atoms with E-state index in [-0.39, 0.29) is 16.9 Å². The molecule has 18 heavy (non-hydrogen) atoms. The largest absolute Gasteiger partial charge is 0.337 e. The van der Waals surface area contributed by atoms with E-state index in [9.17, 15) is 4.39 Å². The molecular formula is C13H15ClFN3. The SMILES string of the molecule is CNC(Cc1cccc(Cl)c1F)c1nccn1C. The predicted octanol–water partition coefficient (Wildman–Crippen LogP) is 2.72. The summed E-state index contributed by atoms with van der Waals surface area (Å²) in [5.74, 6) is 0.519. The monoisotopic (exact) mass is 267 g/mol. The van der Waals surface area contributed by atoms with Gasteiger partial charge in [-0.25, -0.2) is 9.37 Å². The molecule has 0 spiro atoms. The predicted molar refractivity (Wildman–Crippen MR) is 70.1 cm³/mol. The van der Waals surface area contributed by atoms with Crippen molar-refractivity contribution in [2.45, 2.75) is 12.5 Å². The van der Waals surface area contributed by atoms with Crippen LogP contribution in [0.1, 0.15) is 17.4 Å². The van der Waals surface area contributed by atoms with Crippen LogP contribution in [0.4, 0.5) is 4.39 Å². The van der Waals surface area contributed by atoms with E-state index in [1.54, 1.807) is 24.4 Å². The molecule has 1 unspecified atom stereocenters. The highest BCUT2D eigenvalue weighted by atomic mass is 35.5. The number of aryl methyl sites for hydroxylation is 1. The fourth-order valence-electron chi connectivity index (χ4n) is 1.96. The highest BCUT2D eigenvalue weighted by Gasteiger charge is 2.17. The number of likely N-dealkylation sites (N-methyl/N-ethyl adjacent to an activating group) is 1. The van der Waals surface area contributed by atoms with E-state index < -0.39 is 0 Å². The van der Waals surface area contributed by atoms with E-state index in [1.807, 2.05) is 24.9 Å². The van der Waals surface area contributed by atoms with Crippen molar-refractivity contribution < 1.29 is 4.39 Å². The highest BCUT2D eigenvalue weighted by molar-refractivity contribution is 6.30. The maximum atomic E-state index is 13.9. The molecule has 5 heteroatoms. The average Bonchev–Trinajstić information content (AvgIpc) is 2.77. The summed E-state index contributed by atoms with van der Waals surface area (Å²) < 4.78 is 15.8. The molecule has 0 aliphatic carbocycles. The van der Waals surface area contributed by atoms with Crippen LogP contribution in [0.5, 0.6) is 0 Å². The van der Waals surface area contributed by atoms with Crippen molar-refractivity contribution in [1.82, 2.24) is 14.9 Å². The van der Waals surface area contributed by atoms with Gasteiger partial charge < -0.3 is 9.88 Å². The Kier molecular flexibility index (Phi) is 3.99. The number of rotatable bonds is 4. The molecule has 0 aliphatic rings. The first-order valence-electron chi connectivity index (χ1n) is 5.71. The van der Waals surface area contributed by atoms with Crippen LogP contribution in [0, 0.1) is 5.82 Å². The van der Waals surface area contributed by atoms with Crippen LogP contribution in [0.15, 0.2) is 30.6 Å². The Labute approximate surface area is 111 Å². The maximum absolute atomic E-state index is 13.9. The van der Waals surface area contributed by atoms with Crippen molar-refractivity contribution >= 4 is 11.6 Å². The maximum Gasteiger partial charge on any atom is 0.145 e. The molecule has 1 aromatic carbocycles. The van der Waals surface area contributed by atoms with Gasteiger partial charge in [0.15, 0.2) is 0 Å². The second-order valence-corrected chi connectivity index (χ2v) is 4.56. The normalized spacial score (nSPS) is 12.7. The molecule has 1 atom stereocenters. The Morgan fingerprint density at radius 3 is 2.89 bits per heavy atom. The molecule has 1 aromatic heterocycles. The van der Waals surface area contributed by atoms with Crippen molar-refractivity contribution in [3.8, 4) is 0 Å². The number of aromatic nitrogens is 2. The summed E-state index contributed by atoms with van der Waals surface area (Å²) in [6, 6.07) is 5.01. The first kappa shape index (κ1) is 13.1. The van der Waals surface area contributed by atoms with E-state index in [0.717, 1.165) is 5.82 Å². The standard InChI is InChI=1S/C13H15ClFN3/c1-16-11(13-17-6-7-18(13)2)8-9-4-3-5-10(14)12(9)15/h3-7,11,16H,8H2,1-2H3. The number of hydrogen-bond acceptors (Lipinski definition) is 2. The minimum atomic E-state index is -0.353. The lowest BCUT2D eigenvalue weighted by Gasteiger charge is -2.16. The van der Waals surface area contributed by atoms with Crippen LogP contribution in [-0.2, 0) is 13.5 Å². The molecular weight excluding hydrogens is 253 g/mol. The minimum absolute atomic E-state index is 0.0435. The third-order valence-electron chi connectivity index (χ3n) is 2.97. The topological polar surface area (TPSA) is 29.9 Å². The molecule has 0 saturated carbocycles. The minimum Gasteiger partial charge on any atom is -0.337 e. The second-order valence-electron chi connectivity index (χ2n) is 4.15. The first-order chi connectivity index (χ1) is 8.63. The Balaban J connectivity index is 2.26. The Morgan fingerprint density at radius 2 is 2.28 bits per heavy atom. The summed E-state index contributed by atoms with van der Waals surface area (Å²) in [6.45, 7) is 0. The molecule has 0 aliphatic heterocycles. The summed E-state index contributed by atoms with van der Waals surface area (Å²) in [6.07, 6.45) is 4.11. The van der Waals surface area contributed by atoms with Gasteiger partial charge in [-0.2, -0.15) is 0 Å². The average molecular weight is 268 g/mol. The molecule has 0 fully saturated rings. The number of halogens is 2. The summed E-state index contributed by atoms with van der Waals surface area (Å²) in [5.41, 5.74) is 0.588. The zero-order chi connectivity index (χ0) is 13.1. The fourth-order valence-corrected chi connectivity index (χ4v) is 2.16. The summed E-state index contributed by atoms with van der Waals surface area (Å²) in [7, 11) is 3.75. The molecule has 1 heterocycles. The van der Waals surface area contributed by atoms with Gasteiger partial charge >= 0.3 is 0 Å². The number of hydrogen-bond donors (Lipinski definition) is 1. The molecule has 2 aromatic rings. The van der Waals surface area contributed by atoms with Crippen LogP contribution in [0.25, 0.3) is 0 Å². The van der Waals surface area contributed by atoms with E-state index >= 15 is 0 Å². The molecule has 2 rings (SSSR count). The van der Waals surface area contributed by atoms with Gasteiger partial charge in [0.05, 0.1) is 11.1 Å². The zero-order valence-electron chi connectivity index (χ0n) is 10.3. The molecule has 0 bridgehead atoms. The van der Waals surface area contributed by atoms with Crippen molar-refractivity contribution in [3.63, 3.8) is 0 Å². The number of nitrogens with zero attached hydrogens (tertiary/aromatic N) is 2. The zero-order valence-corrected chi connectivity index (χ0v) is 11.1. The third kappa shape index (κ3) is 2.54. The summed E-state index contributed by atoms with van der Waals surface area (Å²) in [5, 5.41) is 3.30. The van der Waals surface area contributed by atoms with Crippen molar-refractivity contribution in [3.05, 3.63) is 52.8 Å². The number of nitrogens with one attached hydrogen (secondary N) is 1. The lowest BCUT2D eigenvalue weighted by molar-refractivity contribution is 0.519. The van der Waals surface area contributed by atoms with Gasteiger partial charge in [-0.3, -0.25) is 0 Å². The third-order valence-corrected chi connectivity index (χ3v) is 3.27. The summed E-state index contributed by atoms with van der Waals surface area (Å²) >= 11 is 5.78. The molecule has 0 radical (unpaired) electrons. The van der Waals surface area contributed by atoms with Gasteiger partial charge in [0.1, 0.15) is 11.6 Å². The smallest absolute Gasteiger partial charge is 0.145 e. The van der Waals surface area contributed by atoms with Gasteiger partial charge in [-0.15, -0.1) is 0 Å². The fraction of sp³-hybridized carbons (Fsp3) is 0.308.